The molecule has 1 aromatic heterocycles. The van der Waals surface area contributed by atoms with Crippen LogP contribution in [0.5, 0.6) is 0 Å². The highest BCUT2D eigenvalue weighted by atomic mass is 15.3. The number of anilines is 1. The van der Waals surface area contributed by atoms with Crippen LogP contribution in [0.15, 0.2) is 0 Å². The molecule has 0 spiro atoms. The van der Waals surface area contributed by atoms with Gasteiger partial charge in [-0.2, -0.15) is 4.98 Å². The molecule has 12 heavy (non-hydrogen) atoms. The molecule has 0 radical (unpaired) electrons. The molecule has 1 atom stereocenters. The Balaban J connectivity index is 2.80. The van der Waals surface area contributed by atoms with Crippen LogP contribution in [0.25, 0.3) is 0 Å². The second-order valence-corrected chi connectivity index (χ2v) is 3.17. The van der Waals surface area contributed by atoms with E-state index in [1.54, 1.807) is 0 Å². The molecule has 5 N–H and O–H groups in total. The van der Waals surface area contributed by atoms with Gasteiger partial charge in [-0.25, -0.2) is 0 Å². The van der Waals surface area contributed by atoms with Crippen molar-refractivity contribution in [2.75, 3.05) is 12.3 Å². The van der Waals surface area contributed by atoms with Crippen LogP contribution in [0.3, 0.4) is 0 Å². The molecule has 0 aliphatic rings. The summed E-state index contributed by atoms with van der Waals surface area (Å²) in [6, 6.07) is 0. The summed E-state index contributed by atoms with van der Waals surface area (Å²) in [4.78, 5) is 4.03. The van der Waals surface area contributed by atoms with Crippen molar-refractivity contribution in [3.05, 3.63) is 5.82 Å². The number of nitrogen functional groups attached to an aromatic ring is 1. The van der Waals surface area contributed by atoms with E-state index in [9.17, 15) is 0 Å². The van der Waals surface area contributed by atoms with Crippen molar-refractivity contribution in [2.24, 2.45) is 11.7 Å². The van der Waals surface area contributed by atoms with Crippen molar-refractivity contribution < 1.29 is 0 Å². The van der Waals surface area contributed by atoms with Gasteiger partial charge in [0.25, 0.3) is 0 Å². The van der Waals surface area contributed by atoms with Gasteiger partial charge >= 0.3 is 0 Å². The van der Waals surface area contributed by atoms with Crippen molar-refractivity contribution in [3.63, 3.8) is 0 Å². The zero-order valence-electron chi connectivity index (χ0n) is 7.41. The minimum atomic E-state index is 0.217. The van der Waals surface area contributed by atoms with Gasteiger partial charge in [-0.3, -0.25) is 5.10 Å². The third-order valence-corrected chi connectivity index (χ3v) is 1.93. The predicted octanol–water partition coefficient (Wildman–Crippen LogP) is 0.0852. The summed E-state index contributed by atoms with van der Waals surface area (Å²) in [5.74, 6) is 1.73. The number of hydrogen-bond donors (Lipinski definition) is 3. The van der Waals surface area contributed by atoms with E-state index in [4.69, 9.17) is 11.5 Å². The monoisotopic (exact) mass is 169 g/mol. The van der Waals surface area contributed by atoms with Crippen LogP contribution in [0.4, 0.5) is 5.95 Å². The maximum atomic E-state index is 5.59. The van der Waals surface area contributed by atoms with Crippen molar-refractivity contribution in [2.45, 2.75) is 19.8 Å². The molecule has 0 saturated heterocycles. The van der Waals surface area contributed by atoms with E-state index in [-0.39, 0.29) is 11.9 Å². The van der Waals surface area contributed by atoms with E-state index in [0.29, 0.717) is 12.5 Å². The lowest BCUT2D eigenvalue weighted by atomic mass is 9.95. The topological polar surface area (TPSA) is 93.6 Å². The Kier molecular flexibility index (Phi) is 2.65. The highest BCUT2D eigenvalue weighted by molar-refractivity contribution is 5.15. The van der Waals surface area contributed by atoms with Gasteiger partial charge in [0.1, 0.15) is 5.82 Å². The number of hydrogen-bond acceptors (Lipinski definition) is 4. The minimum Gasteiger partial charge on any atom is -0.367 e. The fourth-order valence-corrected chi connectivity index (χ4v) is 1.15. The van der Waals surface area contributed by atoms with Crippen LogP contribution < -0.4 is 11.5 Å². The van der Waals surface area contributed by atoms with Crippen LogP contribution >= 0.6 is 0 Å². The average Bonchev–Trinajstić information content (AvgIpc) is 2.37. The molecule has 0 fully saturated rings. The van der Waals surface area contributed by atoms with Gasteiger partial charge in [0.05, 0.1) is 0 Å². The van der Waals surface area contributed by atoms with Crippen molar-refractivity contribution in [1.82, 2.24) is 15.2 Å². The summed E-state index contributed by atoms with van der Waals surface area (Å²) in [6.07, 6.45) is 0. The Labute approximate surface area is 71.6 Å². The van der Waals surface area contributed by atoms with Gasteiger partial charge < -0.3 is 11.5 Å². The first-order chi connectivity index (χ1) is 5.65. The Morgan fingerprint density at radius 3 is 2.50 bits per heavy atom. The lowest BCUT2D eigenvalue weighted by Gasteiger charge is -2.14. The smallest absolute Gasteiger partial charge is 0.239 e. The molecule has 0 aliphatic carbocycles. The van der Waals surface area contributed by atoms with Gasteiger partial charge in [0, 0.05) is 12.5 Å². The van der Waals surface area contributed by atoms with E-state index in [2.05, 4.69) is 29.0 Å². The predicted molar refractivity (Wildman–Crippen MR) is 47.4 cm³/mol. The lowest BCUT2D eigenvalue weighted by Crippen LogP contribution is -2.19. The summed E-state index contributed by atoms with van der Waals surface area (Å²) in [5, 5.41) is 6.53. The number of nitrogens with zero attached hydrogens (tertiary/aromatic N) is 2. The fraction of sp³-hybridized carbons (Fsp3) is 0.714. The van der Waals surface area contributed by atoms with E-state index in [1.165, 1.54) is 0 Å². The normalized spacial score (nSPS) is 13.7. The molecule has 0 aromatic carbocycles. The molecular formula is C7H15N5. The second-order valence-electron chi connectivity index (χ2n) is 3.17. The zero-order chi connectivity index (χ0) is 9.14. The maximum Gasteiger partial charge on any atom is 0.239 e. The highest BCUT2D eigenvalue weighted by Crippen LogP contribution is 2.19. The van der Waals surface area contributed by atoms with Crippen LogP contribution in [0.2, 0.25) is 0 Å². The number of nitrogens with one attached hydrogen (secondary N) is 1. The minimum absolute atomic E-state index is 0.217. The zero-order valence-corrected chi connectivity index (χ0v) is 7.41. The van der Waals surface area contributed by atoms with Gasteiger partial charge in [0.2, 0.25) is 5.95 Å². The molecule has 5 heteroatoms. The first kappa shape index (κ1) is 8.99. The molecule has 0 bridgehead atoms. The SMILES string of the molecule is CC(C)C(CN)c1nc(N)n[nH]1. The largest absolute Gasteiger partial charge is 0.367 e. The Bertz CT molecular complexity index is 242. The van der Waals surface area contributed by atoms with Crippen molar-refractivity contribution >= 4 is 5.95 Å². The highest BCUT2D eigenvalue weighted by Gasteiger charge is 2.17. The number of aromatic nitrogens is 3. The summed E-state index contributed by atoms with van der Waals surface area (Å²) in [5.41, 5.74) is 11.0. The van der Waals surface area contributed by atoms with Crippen LogP contribution in [0.1, 0.15) is 25.6 Å². The molecule has 0 amide bonds. The number of H-pyrrole nitrogens is 1. The summed E-state index contributed by atoms with van der Waals surface area (Å²) >= 11 is 0. The van der Waals surface area contributed by atoms with Gasteiger partial charge in [-0.05, 0) is 5.92 Å². The molecule has 0 saturated carbocycles. The van der Waals surface area contributed by atoms with E-state index in [1.807, 2.05) is 0 Å². The first-order valence-corrected chi connectivity index (χ1v) is 4.03. The molecule has 0 aliphatic heterocycles. The third kappa shape index (κ3) is 1.73. The Morgan fingerprint density at radius 2 is 2.17 bits per heavy atom. The number of rotatable bonds is 3. The molecular weight excluding hydrogens is 154 g/mol. The van der Waals surface area contributed by atoms with E-state index < -0.39 is 0 Å². The lowest BCUT2D eigenvalue weighted by molar-refractivity contribution is 0.485. The fourth-order valence-electron chi connectivity index (χ4n) is 1.15. The first-order valence-electron chi connectivity index (χ1n) is 4.03. The van der Waals surface area contributed by atoms with Gasteiger partial charge in [-0.15, -0.1) is 5.10 Å². The van der Waals surface area contributed by atoms with Crippen molar-refractivity contribution in [3.8, 4) is 0 Å². The molecule has 68 valence electrons. The Morgan fingerprint density at radius 1 is 1.50 bits per heavy atom. The van der Waals surface area contributed by atoms with Crippen LogP contribution in [-0.4, -0.2) is 21.7 Å². The molecule has 1 rings (SSSR count). The van der Waals surface area contributed by atoms with Crippen LogP contribution in [0, 0.1) is 5.92 Å². The summed E-state index contributed by atoms with van der Waals surface area (Å²) in [7, 11) is 0. The van der Waals surface area contributed by atoms with Crippen LogP contribution in [-0.2, 0) is 0 Å². The average molecular weight is 169 g/mol. The summed E-state index contributed by atoms with van der Waals surface area (Å²) < 4.78 is 0. The molecule has 1 aromatic rings. The maximum absolute atomic E-state index is 5.59. The van der Waals surface area contributed by atoms with Gasteiger partial charge in [-0.1, -0.05) is 13.8 Å². The molecule has 1 unspecified atom stereocenters. The quantitative estimate of drug-likeness (QED) is 0.597. The molecule has 1 heterocycles. The second kappa shape index (κ2) is 3.53. The van der Waals surface area contributed by atoms with Crippen molar-refractivity contribution in [1.29, 1.82) is 0 Å². The Hall–Kier alpha value is -1.10. The number of nitrogens with two attached hydrogens (primary N) is 2. The standard InChI is InChI=1S/C7H15N5/c1-4(2)5(3-8)6-10-7(9)12-11-6/h4-5H,3,8H2,1-2H3,(H3,9,10,11,12). The third-order valence-electron chi connectivity index (χ3n) is 1.93. The van der Waals surface area contributed by atoms with E-state index in [0.717, 1.165) is 5.82 Å². The number of aromatic amines is 1. The van der Waals surface area contributed by atoms with Gasteiger partial charge in [0.15, 0.2) is 0 Å². The summed E-state index contributed by atoms with van der Waals surface area (Å²) in [6.45, 7) is 4.75. The molecule has 5 nitrogen and oxygen atoms in total. The van der Waals surface area contributed by atoms with E-state index >= 15 is 0 Å².